The van der Waals surface area contributed by atoms with E-state index in [2.05, 4.69) is 52.1 Å². The van der Waals surface area contributed by atoms with Gasteiger partial charge in [-0.2, -0.15) is 0 Å². The topological polar surface area (TPSA) is 160 Å². The lowest BCUT2D eigenvalue weighted by atomic mass is 9.47. The Balaban J connectivity index is 1.34. The molecule has 13 heteroatoms. The Bertz CT molecular complexity index is 2210. The van der Waals surface area contributed by atoms with E-state index in [-0.39, 0.29) is 17.9 Å². The number of ether oxygens (including phenoxy) is 4. The van der Waals surface area contributed by atoms with Crippen molar-refractivity contribution in [3.63, 3.8) is 0 Å². The number of rotatable bonds is 7. The normalized spacial score (nSPS) is 38.6. The number of allylic oxidation sites excluding steroid dienone is 1. The summed E-state index contributed by atoms with van der Waals surface area (Å²) in [6, 6.07) is 4.71. The molecule has 2 aromatic rings. The highest BCUT2D eigenvalue weighted by Crippen LogP contribution is 2.70. The van der Waals surface area contributed by atoms with Gasteiger partial charge in [-0.05, 0) is 73.6 Å². The number of carbonyl (C=O) groups is 3. The van der Waals surface area contributed by atoms with Gasteiger partial charge >= 0.3 is 17.9 Å². The zero-order valence-electron chi connectivity index (χ0n) is 34.7. The summed E-state index contributed by atoms with van der Waals surface area (Å²) in [4.78, 5) is 53.3. The molecule has 4 N–H and O–H groups in total. The van der Waals surface area contributed by atoms with Crippen LogP contribution in [-0.4, -0.2) is 127 Å². The van der Waals surface area contributed by atoms with E-state index in [1.165, 1.54) is 26.7 Å². The van der Waals surface area contributed by atoms with Crippen LogP contribution < -0.4 is 5.73 Å². The number of nitrogens with one attached hydrogen (secondary N) is 1. The summed E-state index contributed by atoms with van der Waals surface area (Å²) in [5.74, 6) is -2.35. The molecule has 1 aromatic heterocycles. The number of carbonyl (C=O) groups excluding carboxylic acids is 3. The smallest absolute Gasteiger partial charge is 0.344 e. The molecule has 2 bridgehead atoms. The van der Waals surface area contributed by atoms with Crippen LogP contribution in [0.1, 0.15) is 57.7 Å². The van der Waals surface area contributed by atoms with E-state index in [0.29, 0.717) is 44.6 Å². The summed E-state index contributed by atoms with van der Waals surface area (Å²) in [7, 11) is 6.29. The van der Waals surface area contributed by atoms with Crippen molar-refractivity contribution in [2.24, 2.45) is 22.7 Å². The molecule has 58 heavy (non-hydrogen) atoms. The van der Waals surface area contributed by atoms with Gasteiger partial charge in [-0.1, -0.05) is 43.7 Å². The molecule has 5 aliphatic heterocycles. The van der Waals surface area contributed by atoms with Crippen LogP contribution in [0.25, 0.3) is 10.9 Å². The molecular formula is C45H57N5O8. The third-order valence-corrected chi connectivity index (χ3v) is 15.3. The van der Waals surface area contributed by atoms with Gasteiger partial charge < -0.3 is 39.7 Å². The van der Waals surface area contributed by atoms with Gasteiger partial charge in [-0.3, -0.25) is 19.4 Å². The molecule has 1 saturated carbocycles. The molecule has 9 rings (SSSR count). The second-order valence-corrected chi connectivity index (χ2v) is 17.8. The van der Waals surface area contributed by atoms with Crippen molar-refractivity contribution >= 4 is 34.5 Å². The van der Waals surface area contributed by atoms with E-state index < -0.39 is 58.0 Å². The number of aliphatic hydroxyl groups is 1. The number of methoxy groups -OCH3 is 3. The first kappa shape index (κ1) is 39.1. The number of aromatic amines is 1. The van der Waals surface area contributed by atoms with Crippen molar-refractivity contribution in [3.05, 3.63) is 76.7 Å². The molecule has 1 aromatic carbocycles. The molecule has 310 valence electrons. The number of anilines is 1. The van der Waals surface area contributed by atoms with Crippen LogP contribution in [0.15, 0.2) is 65.4 Å². The maximum absolute atomic E-state index is 15.2. The number of hydrogen-bond acceptors (Lipinski definition) is 12. The first-order valence-electron chi connectivity index (χ1n) is 20.8. The van der Waals surface area contributed by atoms with E-state index in [1.54, 1.807) is 7.11 Å². The first-order valence-corrected chi connectivity index (χ1v) is 20.8. The maximum Gasteiger partial charge on any atom is 0.344 e. The molecule has 4 unspecified atom stereocenters. The standard InChI is InChI=1S/C45H57N5O8/c1-8-26-17-27-21-44(40(52)56-6,36-30(24-49(22-26)23-27)29-18-28(46)11-12-33(29)47-36)32-19-31-34(20-35(32)55-5)48(4)38-43(31)14-16-50-15-10-13-42(9-2,37(43)50)39(58-25(3)51)45(38,54)41(53)57-7/h10-13,17-20,27,32,35,37-39,47,54H,8-9,14-16,21-24,46H2,1-7H3/t27-,32?,35?,37+,38-,39-,42-,43?,44+,45+/m1/s1. The largest absolute Gasteiger partial charge is 0.468 e. The van der Waals surface area contributed by atoms with Crippen LogP contribution in [0.5, 0.6) is 0 Å². The van der Waals surface area contributed by atoms with Gasteiger partial charge in [0.15, 0.2) is 6.10 Å². The van der Waals surface area contributed by atoms with Crippen LogP contribution in [0.4, 0.5) is 5.69 Å². The average Bonchev–Trinajstić information content (AvgIpc) is 3.86. The zero-order chi connectivity index (χ0) is 41.1. The molecule has 2 saturated heterocycles. The monoisotopic (exact) mass is 795 g/mol. The summed E-state index contributed by atoms with van der Waals surface area (Å²) in [6.07, 6.45) is 11.4. The molecule has 3 fully saturated rings. The quantitative estimate of drug-likeness (QED) is 0.161. The Morgan fingerprint density at radius 3 is 2.50 bits per heavy atom. The molecule has 11 atom stereocenters. The predicted octanol–water partition coefficient (Wildman–Crippen LogP) is 3.98. The van der Waals surface area contributed by atoms with Gasteiger partial charge in [0.1, 0.15) is 5.41 Å². The van der Waals surface area contributed by atoms with Gasteiger partial charge in [-0.25, -0.2) is 4.79 Å². The number of H-pyrrole nitrogens is 1. The van der Waals surface area contributed by atoms with Crippen LogP contribution in [0.3, 0.4) is 0 Å². The molecule has 1 spiro atoms. The minimum atomic E-state index is -2.27. The number of hydrogen-bond donors (Lipinski definition) is 3. The van der Waals surface area contributed by atoms with Crippen molar-refractivity contribution < 1.29 is 38.4 Å². The van der Waals surface area contributed by atoms with Crippen molar-refractivity contribution in [2.75, 3.05) is 60.3 Å². The fraction of sp³-hybridized carbons (Fsp3) is 0.578. The third-order valence-electron chi connectivity index (χ3n) is 15.3. The number of nitrogen functional groups attached to an aromatic ring is 1. The highest BCUT2D eigenvalue weighted by atomic mass is 16.6. The molecule has 0 amide bonds. The van der Waals surface area contributed by atoms with Gasteiger partial charge in [0.2, 0.25) is 5.60 Å². The highest BCUT2D eigenvalue weighted by molar-refractivity contribution is 5.93. The Morgan fingerprint density at radius 1 is 1.03 bits per heavy atom. The van der Waals surface area contributed by atoms with Crippen molar-refractivity contribution in [3.8, 4) is 0 Å². The Kier molecular flexibility index (Phi) is 9.12. The fourth-order valence-corrected chi connectivity index (χ4v) is 13.4. The fourth-order valence-electron chi connectivity index (χ4n) is 13.4. The Labute approximate surface area is 339 Å². The second kappa shape index (κ2) is 13.6. The third kappa shape index (κ3) is 4.93. The minimum absolute atomic E-state index is 0.0349. The summed E-state index contributed by atoms with van der Waals surface area (Å²) >= 11 is 0. The number of nitrogens with zero attached hydrogens (tertiary/aromatic N) is 3. The molecule has 7 aliphatic rings. The minimum Gasteiger partial charge on any atom is -0.468 e. The van der Waals surface area contributed by atoms with E-state index in [1.807, 2.05) is 37.1 Å². The average molecular weight is 796 g/mol. The highest BCUT2D eigenvalue weighted by Gasteiger charge is 2.81. The van der Waals surface area contributed by atoms with Gasteiger partial charge in [0.25, 0.3) is 0 Å². The lowest BCUT2D eigenvalue weighted by molar-refractivity contribution is -0.243. The number of aromatic nitrogens is 1. The van der Waals surface area contributed by atoms with Crippen LogP contribution >= 0.6 is 0 Å². The second-order valence-electron chi connectivity index (χ2n) is 17.8. The number of likely N-dealkylation sites (N-methyl/N-ethyl adjacent to an activating group) is 1. The summed E-state index contributed by atoms with van der Waals surface area (Å²) in [6.45, 7) is 9.13. The molecule has 2 aliphatic carbocycles. The van der Waals surface area contributed by atoms with Gasteiger partial charge in [0, 0.05) is 98.0 Å². The molecule has 13 nitrogen and oxygen atoms in total. The lowest BCUT2D eigenvalue weighted by Gasteiger charge is -2.63. The summed E-state index contributed by atoms with van der Waals surface area (Å²) < 4.78 is 24.1. The maximum atomic E-state index is 15.2. The number of fused-ring (bicyclic) bond motifs is 6. The van der Waals surface area contributed by atoms with Crippen molar-refractivity contribution in [2.45, 2.75) is 88.3 Å². The number of nitrogens with two attached hydrogens (primary N) is 1. The summed E-state index contributed by atoms with van der Waals surface area (Å²) in [5, 5.41) is 14.3. The molecule has 6 heterocycles. The predicted molar refractivity (Wildman–Crippen MR) is 217 cm³/mol. The first-order chi connectivity index (χ1) is 27.8. The molecular weight excluding hydrogens is 739 g/mol. The van der Waals surface area contributed by atoms with E-state index in [0.717, 1.165) is 52.9 Å². The number of likely N-dealkylation sites (tertiary alicyclic amines) is 1. The number of esters is 3. The van der Waals surface area contributed by atoms with Crippen molar-refractivity contribution in [1.82, 2.24) is 19.7 Å². The van der Waals surface area contributed by atoms with Gasteiger partial charge in [-0.15, -0.1) is 0 Å². The van der Waals surface area contributed by atoms with E-state index in [9.17, 15) is 14.7 Å². The number of benzene rings is 1. The van der Waals surface area contributed by atoms with Crippen LogP contribution in [0.2, 0.25) is 0 Å². The van der Waals surface area contributed by atoms with Crippen LogP contribution in [-0.2, 0) is 45.3 Å². The zero-order valence-corrected chi connectivity index (χ0v) is 34.7. The Morgan fingerprint density at radius 2 is 1.81 bits per heavy atom. The Hall–Kier alpha value is -4.43. The van der Waals surface area contributed by atoms with Crippen molar-refractivity contribution in [1.29, 1.82) is 0 Å². The van der Waals surface area contributed by atoms with E-state index >= 15 is 4.79 Å². The van der Waals surface area contributed by atoms with Gasteiger partial charge in [0.05, 0.1) is 26.4 Å². The van der Waals surface area contributed by atoms with E-state index in [4.69, 9.17) is 24.7 Å². The SMILES string of the molecule is CCC1=C[C@H]2CN(C1)Cc1c([nH]c3ccc(N)cc13)[C@@](C(=O)OC)(C1C=C3C(=CC1OC)N(C)[C@@H]1C34CCN3CC=C[C@](CC)([C@H]34)[C@@H](OC(C)=O)[C@]1(O)C(=O)OC)C2. The summed E-state index contributed by atoms with van der Waals surface area (Å²) in [5.41, 5.74) is 7.54. The van der Waals surface area contributed by atoms with Crippen LogP contribution in [0, 0.1) is 22.7 Å². The lowest BCUT2D eigenvalue weighted by Crippen LogP contribution is -2.79. The molecule has 0 radical (unpaired) electrons.